The smallest absolute Gasteiger partial charge is 0.282 e. The first-order chi connectivity index (χ1) is 7.08. The number of hydrogen-bond donors (Lipinski definition) is 1. The Hall–Kier alpha value is -0.160. The molecule has 0 saturated carbocycles. The van der Waals surface area contributed by atoms with Crippen LogP contribution in [0.25, 0.3) is 0 Å². The van der Waals surface area contributed by atoms with Crippen LogP contribution in [0.15, 0.2) is 0 Å². The number of ether oxygens (including phenoxy) is 3. The number of aliphatic hydroxyl groups is 1. The van der Waals surface area contributed by atoms with Gasteiger partial charge in [-0.15, -0.1) is 0 Å². The van der Waals surface area contributed by atoms with E-state index in [0.717, 1.165) is 12.8 Å². The van der Waals surface area contributed by atoms with Crippen LogP contribution in [0.1, 0.15) is 47.0 Å². The highest BCUT2D eigenvalue weighted by atomic mass is 16.9. The van der Waals surface area contributed by atoms with Gasteiger partial charge in [-0.1, -0.05) is 20.8 Å². The van der Waals surface area contributed by atoms with E-state index in [-0.39, 0.29) is 0 Å². The minimum atomic E-state index is -1.12. The van der Waals surface area contributed by atoms with Crippen molar-refractivity contribution in [3.8, 4) is 0 Å². The fourth-order valence-corrected chi connectivity index (χ4v) is 1.02. The predicted octanol–water partition coefficient (Wildman–Crippen LogP) is 2.26. The third-order valence-corrected chi connectivity index (χ3v) is 1.84. The maximum absolute atomic E-state index is 9.41. The number of hydrogen-bond acceptors (Lipinski definition) is 4. The van der Waals surface area contributed by atoms with Crippen LogP contribution in [0, 0.1) is 0 Å². The van der Waals surface area contributed by atoms with Crippen LogP contribution in [-0.2, 0) is 14.2 Å². The van der Waals surface area contributed by atoms with E-state index in [1.54, 1.807) is 6.92 Å². The van der Waals surface area contributed by atoms with Crippen LogP contribution < -0.4 is 0 Å². The molecule has 0 aromatic heterocycles. The lowest BCUT2D eigenvalue weighted by atomic mass is 10.4. The summed E-state index contributed by atoms with van der Waals surface area (Å²) in [5.41, 5.74) is 0. The highest BCUT2D eigenvalue weighted by Gasteiger charge is 2.29. The molecule has 0 saturated heterocycles. The molecule has 0 aromatic carbocycles. The van der Waals surface area contributed by atoms with Crippen LogP contribution in [0.5, 0.6) is 0 Å². The molecule has 0 amide bonds. The molecule has 0 bridgehead atoms. The Morgan fingerprint density at radius 2 is 1.53 bits per heavy atom. The molecule has 0 aromatic rings. The van der Waals surface area contributed by atoms with Crippen molar-refractivity contribution in [3.05, 3.63) is 0 Å². The summed E-state index contributed by atoms with van der Waals surface area (Å²) in [5, 5.41) is 9.41. The summed E-state index contributed by atoms with van der Waals surface area (Å²) < 4.78 is 16.2. The summed E-state index contributed by atoms with van der Waals surface area (Å²) in [7, 11) is 0. The van der Waals surface area contributed by atoms with E-state index in [1.165, 1.54) is 0 Å². The normalized spacial score (nSPS) is 14.2. The molecule has 4 heteroatoms. The van der Waals surface area contributed by atoms with Crippen LogP contribution in [-0.4, -0.2) is 30.6 Å². The zero-order valence-corrected chi connectivity index (χ0v) is 10.3. The van der Waals surface area contributed by atoms with E-state index < -0.39 is 12.3 Å². The fraction of sp³-hybridized carbons (Fsp3) is 1.00. The van der Waals surface area contributed by atoms with Gasteiger partial charge in [-0.3, -0.25) is 4.74 Å². The standard InChI is InChI=1S/C11H24O4/c1-5-8-13-11(4,14-9-6-2)15-10(12)7-3/h10,12H,5-9H2,1-4H3. The molecule has 0 heterocycles. The quantitative estimate of drug-likeness (QED) is 0.605. The third-order valence-electron chi connectivity index (χ3n) is 1.84. The summed E-state index contributed by atoms with van der Waals surface area (Å²) in [6.45, 7) is 8.65. The first kappa shape index (κ1) is 14.8. The average molecular weight is 220 g/mol. The summed E-state index contributed by atoms with van der Waals surface area (Å²) in [5.74, 6) is -1.12. The molecule has 15 heavy (non-hydrogen) atoms. The number of rotatable bonds is 9. The van der Waals surface area contributed by atoms with E-state index in [4.69, 9.17) is 14.2 Å². The fourth-order valence-electron chi connectivity index (χ4n) is 1.02. The average Bonchev–Trinajstić information content (AvgIpc) is 2.23. The topological polar surface area (TPSA) is 47.9 Å². The van der Waals surface area contributed by atoms with E-state index in [0.29, 0.717) is 19.6 Å². The lowest BCUT2D eigenvalue weighted by molar-refractivity contribution is -0.405. The van der Waals surface area contributed by atoms with Crippen molar-refractivity contribution < 1.29 is 19.3 Å². The Kier molecular flexibility index (Phi) is 7.96. The van der Waals surface area contributed by atoms with Gasteiger partial charge in [0.25, 0.3) is 5.97 Å². The Morgan fingerprint density at radius 3 is 1.87 bits per heavy atom. The van der Waals surface area contributed by atoms with Crippen molar-refractivity contribution in [1.82, 2.24) is 0 Å². The molecule has 0 aliphatic rings. The molecule has 92 valence electrons. The minimum Gasteiger partial charge on any atom is -0.368 e. The van der Waals surface area contributed by atoms with Gasteiger partial charge >= 0.3 is 0 Å². The first-order valence-electron chi connectivity index (χ1n) is 5.71. The largest absolute Gasteiger partial charge is 0.368 e. The van der Waals surface area contributed by atoms with Gasteiger partial charge < -0.3 is 14.6 Å². The van der Waals surface area contributed by atoms with Gasteiger partial charge in [0.2, 0.25) is 0 Å². The first-order valence-corrected chi connectivity index (χ1v) is 5.71. The van der Waals surface area contributed by atoms with Crippen LogP contribution in [0.4, 0.5) is 0 Å². The van der Waals surface area contributed by atoms with E-state index in [9.17, 15) is 5.11 Å². The molecule has 0 rings (SSSR count). The van der Waals surface area contributed by atoms with Crippen LogP contribution in [0.2, 0.25) is 0 Å². The van der Waals surface area contributed by atoms with Crippen molar-refractivity contribution in [1.29, 1.82) is 0 Å². The Labute approximate surface area is 92.5 Å². The highest BCUT2D eigenvalue weighted by Crippen LogP contribution is 2.18. The molecular weight excluding hydrogens is 196 g/mol. The summed E-state index contributed by atoms with van der Waals surface area (Å²) in [6.07, 6.45) is 1.44. The Balaban J connectivity index is 4.12. The number of aliphatic hydroxyl groups excluding tert-OH is 1. The monoisotopic (exact) mass is 220 g/mol. The van der Waals surface area contributed by atoms with Gasteiger partial charge in [-0.25, -0.2) is 0 Å². The second-order valence-corrected chi connectivity index (χ2v) is 3.54. The zero-order chi connectivity index (χ0) is 11.7. The van der Waals surface area contributed by atoms with Gasteiger partial charge in [0, 0.05) is 6.92 Å². The Bertz CT molecular complexity index is 142. The Morgan fingerprint density at radius 1 is 1.07 bits per heavy atom. The predicted molar refractivity (Wildman–Crippen MR) is 58.3 cm³/mol. The molecule has 0 radical (unpaired) electrons. The van der Waals surface area contributed by atoms with Crippen molar-refractivity contribution in [3.63, 3.8) is 0 Å². The second-order valence-electron chi connectivity index (χ2n) is 3.54. The van der Waals surface area contributed by atoms with Gasteiger partial charge in [-0.2, -0.15) is 0 Å². The summed E-state index contributed by atoms with van der Waals surface area (Å²) >= 11 is 0. The van der Waals surface area contributed by atoms with E-state index >= 15 is 0 Å². The zero-order valence-electron chi connectivity index (χ0n) is 10.3. The molecule has 1 N–H and O–H groups in total. The lowest BCUT2D eigenvalue weighted by Gasteiger charge is -2.31. The maximum Gasteiger partial charge on any atom is 0.282 e. The van der Waals surface area contributed by atoms with Crippen molar-refractivity contribution in [2.75, 3.05) is 13.2 Å². The van der Waals surface area contributed by atoms with Gasteiger partial charge in [0.15, 0.2) is 6.29 Å². The molecule has 1 atom stereocenters. The van der Waals surface area contributed by atoms with Gasteiger partial charge in [-0.05, 0) is 19.3 Å². The van der Waals surface area contributed by atoms with Gasteiger partial charge in [0.05, 0.1) is 13.2 Å². The molecule has 0 fully saturated rings. The maximum atomic E-state index is 9.41. The van der Waals surface area contributed by atoms with E-state index in [1.807, 2.05) is 20.8 Å². The summed E-state index contributed by atoms with van der Waals surface area (Å²) in [4.78, 5) is 0. The van der Waals surface area contributed by atoms with Crippen molar-refractivity contribution in [2.24, 2.45) is 0 Å². The molecular formula is C11H24O4. The molecule has 0 aliphatic heterocycles. The van der Waals surface area contributed by atoms with Crippen LogP contribution >= 0.6 is 0 Å². The van der Waals surface area contributed by atoms with Gasteiger partial charge in [0.1, 0.15) is 0 Å². The minimum absolute atomic E-state index is 0.514. The molecule has 0 spiro atoms. The molecule has 1 unspecified atom stereocenters. The van der Waals surface area contributed by atoms with E-state index in [2.05, 4.69) is 0 Å². The SMILES string of the molecule is CCCOC(C)(OCCC)OC(O)CC. The lowest BCUT2D eigenvalue weighted by Crippen LogP contribution is -2.40. The molecule has 4 nitrogen and oxygen atoms in total. The van der Waals surface area contributed by atoms with Crippen LogP contribution in [0.3, 0.4) is 0 Å². The third kappa shape index (κ3) is 6.84. The summed E-state index contributed by atoms with van der Waals surface area (Å²) in [6, 6.07) is 0. The van der Waals surface area contributed by atoms with Crippen molar-refractivity contribution >= 4 is 0 Å². The van der Waals surface area contributed by atoms with Crippen molar-refractivity contribution in [2.45, 2.75) is 59.2 Å². The second kappa shape index (κ2) is 8.05. The molecule has 0 aliphatic carbocycles. The highest BCUT2D eigenvalue weighted by molar-refractivity contribution is 4.50.